The van der Waals surface area contributed by atoms with Crippen molar-refractivity contribution in [3.05, 3.63) is 0 Å². The molecule has 0 heterocycles. The van der Waals surface area contributed by atoms with E-state index in [1.165, 1.54) is 39.2 Å². The summed E-state index contributed by atoms with van der Waals surface area (Å²) in [7, 11) is 0.634. The number of hydrogen-bond donors (Lipinski definition) is 0. The van der Waals surface area contributed by atoms with Crippen LogP contribution in [-0.4, -0.2) is 40.7 Å². The summed E-state index contributed by atoms with van der Waals surface area (Å²) < 4.78 is 19.1. The molecule has 30 heavy (non-hydrogen) atoms. The Morgan fingerprint density at radius 2 is 1.80 bits per heavy atom. The maximum Gasteiger partial charge on any atom is 0.341 e. The first-order valence-corrected chi connectivity index (χ1v) is 13.5. The summed E-state index contributed by atoms with van der Waals surface area (Å²) in [4.78, 5) is 13.8. The summed E-state index contributed by atoms with van der Waals surface area (Å²) in [5.41, 5.74) is -1.64. The van der Waals surface area contributed by atoms with Crippen LogP contribution in [0.1, 0.15) is 100 Å². The fraction of sp³-hybridized carbons (Fsp3) is 0.960. The number of carbonyl (C=O) groups is 1. The summed E-state index contributed by atoms with van der Waals surface area (Å²) in [6, 6.07) is 0. The number of fused-ring (bicyclic) bond motifs is 1. The van der Waals surface area contributed by atoms with Crippen molar-refractivity contribution in [1.82, 2.24) is 0 Å². The van der Waals surface area contributed by atoms with Crippen LogP contribution in [0.5, 0.6) is 0 Å². The molecule has 0 saturated heterocycles. The monoisotopic (exact) mass is 440 g/mol. The van der Waals surface area contributed by atoms with E-state index >= 15 is 0 Å². The van der Waals surface area contributed by atoms with E-state index in [9.17, 15) is 4.79 Å². The van der Waals surface area contributed by atoms with Gasteiger partial charge in [0, 0.05) is 5.92 Å². The van der Waals surface area contributed by atoms with E-state index in [1.54, 1.807) is 0 Å². The molecule has 0 bridgehead atoms. The predicted molar refractivity (Wildman–Crippen MR) is 126 cm³/mol. The Morgan fingerprint density at radius 1 is 1.13 bits per heavy atom. The van der Waals surface area contributed by atoms with Crippen LogP contribution in [0, 0.1) is 23.2 Å². The van der Waals surface area contributed by atoms with Gasteiger partial charge in [0.1, 0.15) is 0 Å². The van der Waals surface area contributed by atoms with Crippen LogP contribution in [0.3, 0.4) is 0 Å². The van der Waals surface area contributed by atoms with Crippen molar-refractivity contribution in [1.29, 1.82) is 0 Å². The van der Waals surface area contributed by atoms with E-state index < -0.39 is 21.0 Å². The first-order valence-electron chi connectivity index (χ1n) is 12.2. The molecule has 0 radical (unpaired) electrons. The summed E-state index contributed by atoms with van der Waals surface area (Å²) in [6.07, 6.45) is 7.93. The lowest BCUT2D eigenvalue weighted by molar-refractivity contribution is -0.234. The van der Waals surface area contributed by atoms with E-state index in [4.69, 9.17) is 13.9 Å². The van der Waals surface area contributed by atoms with Gasteiger partial charge >= 0.3 is 5.97 Å². The molecule has 0 aromatic carbocycles. The fourth-order valence-electron chi connectivity index (χ4n) is 6.06. The van der Waals surface area contributed by atoms with Crippen molar-refractivity contribution in [2.45, 2.75) is 117 Å². The van der Waals surface area contributed by atoms with Gasteiger partial charge in [0.2, 0.25) is 0 Å². The summed E-state index contributed by atoms with van der Waals surface area (Å²) in [6.45, 7) is 18.2. The molecule has 2 aliphatic carbocycles. The maximum atomic E-state index is 13.8. The molecule has 5 atom stereocenters. The Kier molecular flexibility index (Phi) is 8.29. The van der Waals surface area contributed by atoms with Crippen LogP contribution >= 0.6 is 0 Å². The van der Waals surface area contributed by atoms with Crippen LogP contribution in [0.25, 0.3) is 0 Å². The van der Waals surface area contributed by atoms with Crippen LogP contribution in [0.15, 0.2) is 0 Å². The van der Waals surface area contributed by atoms with Gasteiger partial charge in [0.05, 0.1) is 19.3 Å². The third kappa shape index (κ3) is 4.83. The number of ether oxygens (including phenoxy) is 2. The summed E-state index contributed by atoms with van der Waals surface area (Å²) >= 11 is 0. The Bertz CT molecular complexity index is 586. The SMILES string of the molecule is CCC(C)(O[SiH2]C(C)(C)C)C(OCC(C)C)(C(=O)OC)C1CCC2CCCCC21C. The Hall–Kier alpha value is -0.393. The molecule has 0 aromatic heterocycles. The average Bonchev–Trinajstić information content (AvgIpc) is 3.03. The van der Waals surface area contributed by atoms with E-state index in [0.717, 1.165) is 12.8 Å². The molecule has 0 N–H and O–H groups in total. The zero-order chi connectivity index (χ0) is 22.8. The molecule has 5 heteroatoms. The van der Waals surface area contributed by atoms with Crippen molar-refractivity contribution in [2.75, 3.05) is 13.7 Å². The summed E-state index contributed by atoms with van der Waals surface area (Å²) in [5.74, 6) is 0.906. The van der Waals surface area contributed by atoms with Gasteiger partial charge in [-0.3, -0.25) is 0 Å². The van der Waals surface area contributed by atoms with Gasteiger partial charge < -0.3 is 13.9 Å². The maximum absolute atomic E-state index is 13.8. The molecular weight excluding hydrogens is 392 g/mol. The zero-order valence-electron chi connectivity index (χ0n) is 21.2. The Labute approximate surface area is 188 Å². The van der Waals surface area contributed by atoms with Crippen LogP contribution in [0.4, 0.5) is 0 Å². The van der Waals surface area contributed by atoms with Gasteiger partial charge in [-0.2, -0.15) is 0 Å². The fourth-order valence-corrected chi connectivity index (χ4v) is 7.23. The molecule has 4 nitrogen and oxygen atoms in total. The minimum absolute atomic E-state index is 0.104. The van der Waals surface area contributed by atoms with Gasteiger partial charge in [-0.15, -0.1) is 0 Å². The first-order chi connectivity index (χ1) is 13.9. The third-order valence-electron chi connectivity index (χ3n) is 7.96. The van der Waals surface area contributed by atoms with Gasteiger partial charge in [-0.25, -0.2) is 4.79 Å². The topological polar surface area (TPSA) is 44.8 Å². The van der Waals surface area contributed by atoms with Crippen LogP contribution < -0.4 is 0 Å². The lowest BCUT2D eigenvalue weighted by Gasteiger charge is -2.55. The summed E-state index contributed by atoms with van der Waals surface area (Å²) in [5, 5.41) is 0.142. The highest BCUT2D eigenvalue weighted by molar-refractivity contribution is 6.32. The number of carbonyl (C=O) groups excluding carboxylic acids is 1. The second-order valence-corrected chi connectivity index (χ2v) is 14.6. The van der Waals surface area contributed by atoms with Gasteiger partial charge in [0.25, 0.3) is 0 Å². The molecule has 0 spiro atoms. The van der Waals surface area contributed by atoms with Gasteiger partial charge in [-0.1, -0.05) is 61.3 Å². The van der Waals surface area contributed by atoms with Crippen molar-refractivity contribution in [2.24, 2.45) is 23.2 Å². The lowest BCUT2D eigenvalue weighted by Crippen LogP contribution is -2.68. The normalized spacial score (nSPS) is 31.5. The van der Waals surface area contributed by atoms with Crippen LogP contribution in [-0.2, 0) is 18.7 Å². The molecule has 5 unspecified atom stereocenters. The molecule has 176 valence electrons. The van der Waals surface area contributed by atoms with E-state index in [-0.39, 0.29) is 22.3 Å². The van der Waals surface area contributed by atoms with Gasteiger partial charge in [0.15, 0.2) is 15.4 Å². The molecule has 2 saturated carbocycles. The highest BCUT2D eigenvalue weighted by atomic mass is 28.2. The molecular formula is C25H48O4Si. The highest BCUT2D eigenvalue weighted by Crippen LogP contribution is 2.62. The standard InChI is InChI=1S/C25H48O4Si/c1-10-24(8,29-30-22(4,5)6)25(21(26)27-9,28-17-18(2)3)20-15-14-19-13-11-12-16-23(19,20)7/h18-20H,10-17,30H2,1-9H3. The van der Waals surface area contributed by atoms with Crippen molar-refractivity contribution < 1.29 is 18.7 Å². The second kappa shape index (κ2) is 9.62. The number of esters is 1. The molecule has 2 aliphatic rings. The molecule has 0 aliphatic heterocycles. The zero-order valence-corrected chi connectivity index (χ0v) is 22.6. The van der Waals surface area contributed by atoms with Crippen molar-refractivity contribution >= 4 is 15.7 Å². The number of methoxy groups -OCH3 is 1. The van der Waals surface area contributed by atoms with Crippen LogP contribution in [0.2, 0.25) is 5.04 Å². The van der Waals surface area contributed by atoms with Gasteiger partial charge in [-0.05, 0) is 61.3 Å². The molecule has 0 aromatic rings. The largest absolute Gasteiger partial charge is 0.467 e. The quantitative estimate of drug-likeness (QED) is 0.342. The average molecular weight is 441 g/mol. The Morgan fingerprint density at radius 3 is 2.33 bits per heavy atom. The minimum atomic E-state index is -1.06. The van der Waals surface area contributed by atoms with E-state index in [0.29, 0.717) is 18.4 Å². The number of rotatable bonds is 9. The van der Waals surface area contributed by atoms with E-state index in [1.807, 2.05) is 0 Å². The Balaban J connectivity index is 2.61. The molecule has 0 amide bonds. The van der Waals surface area contributed by atoms with E-state index in [2.05, 4.69) is 55.4 Å². The first kappa shape index (κ1) is 25.9. The third-order valence-corrected chi connectivity index (χ3v) is 9.61. The van der Waals surface area contributed by atoms with Crippen molar-refractivity contribution in [3.63, 3.8) is 0 Å². The molecule has 2 fully saturated rings. The smallest absolute Gasteiger partial charge is 0.341 e. The number of hydrogen-bond acceptors (Lipinski definition) is 4. The minimum Gasteiger partial charge on any atom is -0.467 e. The van der Waals surface area contributed by atoms with Crippen molar-refractivity contribution in [3.8, 4) is 0 Å². The highest BCUT2D eigenvalue weighted by Gasteiger charge is 2.67. The molecule has 2 rings (SSSR count). The lowest BCUT2D eigenvalue weighted by atomic mass is 9.57. The second-order valence-electron chi connectivity index (χ2n) is 11.9. The predicted octanol–water partition coefficient (Wildman–Crippen LogP) is 5.66.